The minimum Gasteiger partial charge on any atom is -0.444 e. The van der Waals surface area contributed by atoms with Gasteiger partial charge in [0.15, 0.2) is 0 Å². The average molecular weight is 389 g/mol. The number of carbonyl (C=O) groups is 1. The molecular formula is C21H28NO4P. The summed E-state index contributed by atoms with van der Waals surface area (Å²) in [5.41, 5.74) is 1.22. The van der Waals surface area contributed by atoms with Crippen LogP contribution in [0, 0.1) is 0 Å². The number of rotatable bonds is 6. The van der Waals surface area contributed by atoms with Gasteiger partial charge in [0, 0.05) is 12.0 Å². The van der Waals surface area contributed by atoms with E-state index in [0.717, 1.165) is 11.1 Å². The number of hydrogen-bond acceptors (Lipinski definition) is 4. The van der Waals surface area contributed by atoms with Crippen LogP contribution in [0.5, 0.6) is 0 Å². The van der Waals surface area contributed by atoms with Crippen molar-refractivity contribution in [2.24, 2.45) is 0 Å². The molecule has 1 amide bonds. The molecule has 0 fully saturated rings. The third-order valence-electron chi connectivity index (χ3n) is 3.86. The second-order valence-corrected chi connectivity index (χ2v) is 9.81. The van der Waals surface area contributed by atoms with Gasteiger partial charge in [-0.05, 0) is 51.0 Å². The summed E-state index contributed by atoms with van der Waals surface area (Å²) < 4.78 is 23.4. The quantitative estimate of drug-likeness (QED) is 0.716. The van der Waals surface area contributed by atoms with E-state index < -0.39 is 19.1 Å². The fourth-order valence-corrected chi connectivity index (χ4v) is 4.02. The van der Waals surface area contributed by atoms with E-state index in [1.165, 1.54) is 0 Å². The Morgan fingerprint density at radius 1 is 1.04 bits per heavy atom. The first-order valence-corrected chi connectivity index (χ1v) is 11.1. The summed E-state index contributed by atoms with van der Waals surface area (Å²) >= 11 is 0. The summed E-state index contributed by atoms with van der Waals surface area (Å²) in [7, 11) is -2.83. The molecule has 0 aliphatic heterocycles. The maximum absolute atomic E-state index is 12.6. The molecule has 5 nitrogen and oxygen atoms in total. The van der Waals surface area contributed by atoms with Crippen LogP contribution in [0.2, 0.25) is 0 Å². The third-order valence-corrected chi connectivity index (χ3v) is 5.85. The van der Waals surface area contributed by atoms with Crippen LogP contribution in [0.15, 0.2) is 54.6 Å². The summed E-state index contributed by atoms with van der Waals surface area (Å²) in [5.74, 6) is 0. The molecule has 2 unspecified atom stereocenters. The first kappa shape index (κ1) is 21.2. The molecule has 0 aromatic heterocycles. The van der Waals surface area contributed by atoms with Crippen LogP contribution in [0.4, 0.5) is 4.79 Å². The Hall–Kier alpha value is -2.10. The van der Waals surface area contributed by atoms with Gasteiger partial charge in [0.25, 0.3) is 0 Å². The van der Waals surface area contributed by atoms with Crippen LogP contribution in [-0.4, -0.2) is 25.0 Å². The summed E-state index contributed by atoms with van der Waals surface area (Å²) in [5, 5.41) is 3.58. The van der Waals surface area contributed by atoms with Gasteiger partial charge < -0.3 is 14.6 Å². The molecule has 0 aliphatic rings. The molecule has 0 spiro atoms. The van der Waals surface area contributed by atoms with Gasteiger partial charge in [-0.2, -0.15) is 0 Å². The van der Waals surface area contributed by atoms with Gasteiger partial charge in [0.2, 0.25) is 7.37 Å². The molecule has 2 aromatic carbocycles. The van der Waals surface area contributed by atoms with E-state index in [0.29, 0.717) is 11.9 Å². The summed E-state index contributed by atoms with van der Waals surface area (Å²) in [6.07, 6.45) is -0.490. The lowest BCUT2D eigenvalue weighted by Crippen LogP contribution is -2.35. The molecule has 0 aliphatic carbocycles. The Balaban J connectivity index is 2.31. The highest BCUT2D eigenvalue weighted by atomic mass is 31.2. The highest BCUT2D eigenvalue weighted by Crippen LogP contribution is 2.41. The predicted octanol–water partition coefficient (Wildman–Crippen LogP) is 4.87. The molecule has 0 bridgehead atoms. The first-order chi connectivity index (χ1) is 12.6. The van der Waals surface area contributed by atoms with Gasteiger partial charge >= 0.3 is 6.09 Å². The number of amides is 1. The predicted molar refractivity (Wildman–Crippen MR) is 109 cm³/mol. The first-order valence-electron chi connectivity index (χ1n) is 8.99. The molecule has 2 aromatic rings. The minimum absolute atomic E-state index is 0.376. The fraction of sp³-hybridized carbons (Fsp3) is 0.381. The van der Waals surface area contributed by atoms with Gasteiger partial charge in [0.1, 0.15) is 5.60 Å². The monoisotopic (exact) mass is 389 g/mol. The van der Waals surface area contributed by atoms with Crippen LogP contribution in [0.1, 0.15) is 44.9 Å². The smallest absolute Gasteiger partial charge is 0.408 e. The van der Waals surface area contributed by atoms with Gasteiger partial charge in [-0.3, -0.25) is 4.57 Å². The lowest BCUT2D eigenvalue weighted by molar-refractivity contribution is 0.0512. The number of hydrogen-bond donors (Lipinski definition) is 1. The van der Waals surface area contributed by atoms with E-state index in [1.807, 2.05) is 70.2 Å². The minimum atomic E-state index is -2.83. The lowest BCUT2D eigenvalue weighted by atomic mass is 9.99. The molecular weight excluding hydrogens is 361 g/mol. The number of benzene rings is 2. The van der Waals surface area contributed by atoms with Crippen molar-refractivity contribution in [1.29, 1.82) is 0 Å². The van der Waals surface area contributed by atoms with Crippen LogP contribution in [-0.2, 0) is 13.8 Å². The van der Waals surface area contributed by atoms with Crippen LogP contribution in [0.25, 0.3) is 0 Å². The van der Waals surface area contributed by atoms with Crippen LogP contribution in [0.3, 0.4) is 0 Å². The number of nitrogens with one attached hydrogen (secondary N) is 1. The number of ether oxygens (including phenoxy) is 1. The lowest BCUT2D eigenvalue weighted by Gasteiger charge is -2.24. The fourth-order valence-electron chi connectivity index (χ4n) is 2.69. The molecule has 146 valence electrons. The molecule has 2 atom stereocenters. The maximum Gasteiger partial charge on any atom is 0.408 e. The highest BCUT2D eigenvalue weighted by Gasteiger charge is 2.23. The average Bonchev–Trinajstić information content (AvgIpc) is 2.59. The SMILES string of the molecule is CCOP(C)(=O)c1ccc(C(NC(=O)OC(C)(C)C)c2ccccc2)cc1. The molecule has 0 saturated carbocycles. The summed E-state index contributed by atoms with van der Waals surface area (Å²) in [6, 6.07) is 16.6. The van der Waals surface area contributed by atoms with Crippen molar-refractivity contribution in [3.8, 4) is 0 Å². The van der Waals surface area contributed by atoms with Gasteiger partial charge in [-0.15, -0.1) is 0 Å². The van der Waals surface area contributed by atoms with E-state index in [2.05, 4.69) is 5.32 Å². The second-order valence-electron chi connectivity index (χ2n) is 7.35. The van der Waals surface area contributed by atoms with E-state index in [1.54, 1.807) is 18.8 Å². The van der Waals surface area contributed by atoms with E-state index in [9.17, 15) is 9.36 Å². The van der Waals surface area contributed by atoms with E-state index >= 15 is 0 Å². The zero-order valence-corrected chi connectivity index (χ0v) is 17.5. The Kier molecular flexibility index (Phi) is 6.85. The highest BCUT2D eigenvalue weighted by molar-refractivity contribution is 7.66. The Bertz CT molecular complexity index is 797. The normalized spacial score (nSPS) is 14.9. The van der Waals surface area contributed by atoms with Crippen molar-refractivity contribution in [2.45, 2.75) is 39.3 Å². The molecule has 2 rings (SSSR count). The van der Waals surface area contributed by atoms with Gasteiger partial charge in [-0.25, -0.2) is 4.79 Å². The number of alkyl carbamates (subject to hydrolysis) is 1. The Labute approximate surface area is 161 Å². The van der Waals surface area contributed by atoms with Gasteiger partial charge in [0.05, 0.1) is 12.6 Å². The van der Waals surface area contributed by atoms with Crippen molar-refractivity contribution in [3.05, 3.63) is 65.7 Å². The van der Waals surface area contributed by atoms with Crippen molar-refractivity contribution in [1.82, 2.24) is 5.32 Å². The third kappa shape index (κ3) is 6.23. The van der Waals surface area contributed by atoms with Crippen molar-refractivity contribution in [3.63, 3.8) is 0 Å². The Morgan fingerprint density at radius 3 is 2.11 bits per heavy atom. The molecule has 27 heavy (non-hydrogen) atoms. The largest absolute Gasteiger partial charge is 0.444 e. The Morgan fingerprint density at radius 2 is 1.59 bits per heavy atom. The molecule has 6 heteroatoms. The molecule has 1 N–H and O–H groups in total. The van der Waals surface area contributed by atoms with Crippen LogP contribution < -0.4 is 10.6 Å². The number of carbonyl (C=O) groups excluding carboxylic acids is 1. The van der Waals surface area contributed by atoms with Crippen molar-refractivity contribution < 1.29 is 18.6 Å². The zero-order chi connectivity index (χ0) is 20.1. The van der Waals surface area contributed by atoms with E-state index in [-0.39, 0.29) is 6.04 Å². The molecule has 0 saturated heterocycles. The van der Waals surface area contributed by atoms with Crippen LogP contribution >= 0.6 is 7.37 Å². The maximum atomic E-state index is 12.6. The summed E-state index contributed by atoms with van der Waals surface area (Å²) in [6.45, 7) is 9.30. The zero-order valence-electron chi connectivity index (χ0n) is 16.6. The van der Waals surface area contributed by atoms with Gasteiger partial charge in [-0.1, -0.05) is 42.5 Å². The van der Waals surface area contributed by atoms with Crippen molar-refractivity contribution >= 4 is 18.8 Å². The molecule has 0 heterocycles. The van der Waals surface area contributed by atoms with E-state index in [4.69, 9.17) is 9.26 Å². The summed E-state index contributed by atoms with van der Waals surface area (Å²) in [4.78, 5) is 12.3. The topological polar surface area (TPSA) is 64.6 Å². The second kappa shape index (κ2) is 8.73. The van der Waals surface area contributed by atoms with Crippen molar-refractivity contribution in [2.75, 3.05) is 13.3 Å². The molecule has 0 radical (unpaired) electrons. The standard InChI is InChI=1S/C21H28NO4P/c1-6-25-27(5,24)18-14-12-17(13-15-18)19(16-10-8-7-9-11-16)22-20(23)26-21(2,3)4/h7-15,19H,6H2,1-5H3,(H,22,23).